The fourth-order valence-corrected chi connectivity index (χ4v) is 5.10. The quantitative estimate of drug-likeness (QED) is 0.108. The number of rotatable bonds is 22. The number of unbranched alkanes of at least 4 members (excludes halogenated alkanes) is 10. The average molecular weight is 595 g/mol. The second kappa shape index (κ2) is 18.4. The fourth-order valence-electron chi connectivity index (χ4n) is 5.10. The molecule has 1 saturated carbocycles. The van der Waals surface area contributed by atoms with Gasteiger partial charge in [0.15, 0.2) is 23.1 Å². The topological polar surface area (TPSA) is 53.5 Å². The van der Waals surface area contributed by atoms with Crippen LogP contribution in [-0.4, -0.2) is 23.2 Å². The van der Waals surface area contributed by atoms with E-state index in [1.165, 1.54) is 95.2 Å². The highest BCUT2D eigenvalue weighted by atomic mass is 19.2. The summed E-state index contributed by atoms with van der Waals surface area (Å²) in [5.74, 6) is 0.760. The van der Waals surface area contributed by atoms with Crippen molar-refractivity contribution in [3.05, 3.63) is 66.0 Å². The van der Waals surface area contributed by atoms with Crippen molar-refractivity contribution >= 4 is 0 Å². The zero-order valence-corrected chi connectivity index (χ0v) is 25.8. The summed E-state index contributed by atoms with van der Waals surface area (Å²) in [4.78, 5) is 8.74. The summed E-state index contributed by atoms with van der Waals surface area (Å²) in [7, 11) is 0. The van der Waals surface area contributed by atoms with E-state index in [0.717, 1.165) is 42.9 Å². The van der Waals surface area contributed by atoms with Gasteiger partial charge in [-0.1, -0.05) is 90.4 Å². The maximum Gasteiger partial charge on any atom is 0.201 e. The highest BCUT2D eigenvalue weighted by Gasteiger charge is 2.20. The Morgan fingerprint density at radius 1 is 0.651 bits per heavy atom. The van der Waals surface area contributed by atoms with Crippen molar-refractivity contribution in [3.8, 4) is 28.6 Å². The van der Waals surface area contributed by atoms with Crippen LogP contribution in [0.25, 0.3) is 11.4 Å². The highest BCUT2D eigenvalue weighted by Crippen LogP contribution is 2.34. The lowest BCUT2D eigenvalue weighted by Crippen LogP contribution is -2.05. The summed E-state index contributed by atoms with van der Waals surface area (Å²) >= 11 is 0. The summed E-state index contributed by atoms with van der Waals surface area (Å²) in [5, 5.41) is 0. The SMILES string of the molecule is CCCCCCCCOc1ccc(-c2ncc(OCc3ccc(OCCCCCCCCC4CC4)c(F)c3F)cn2)cc1. The minimum Gasteiger partial charge on any atom is -0.494 e. The average Bonchev–Trinajstić information content (AvgIpc) is 3.86. The zero-order chi connectivity index (χ0) is 30.1. The van der Waals surface area contributed by atoms with E-state index in [-0.39, 0.29) is 17.9 Å². The van der Waals surface area contributed by atoms with E-state index in [0.29, 0.717) is 24.8 Å². The van der Waals surface area contributed by atoms with E-state index >= 15 is 0 Å². The van der Waals surface area contributed by atoms with Crippen molar-refractivity contribution in [2.45, 2.75) is 110 Å². The lowest BCUT2D eigenvalue weighted by molar-refractivity contribution is 0.276. The van der Waals surface area contributed by atoms with Gasteiger partial charge in [-0.3, -0.25) is 0 Å². The third-order valence-corrected chi connectivity index (χ3v) is 7.99. The lowest BCUT2D eigenvalue weighted by Gasteiger charge is -2.11. The molecular weight excluding hydrogens is 546 g/mol. The van der Waals surface area contributed by atoms with E-state index < -0.39 is 11.6 Å². The predicted molar refractivity (Wildman–Crippen MR) is 168 cm³/mol. The van der Waals surface area contributed by atoms with Gasteiger partial charge in [0.2, 0.25) is 5.82 Å². The second-order valence-corrected chi connectivity index (χ2v) is 11.7. The number of ether oxygens (including phenoxy) is 3. The van der Waals surface area contributed by atoms with E-state index in [9.17, 15) is 8.78 Å². The van der Waals surface area contributed by atoms with Gasteiger partial charge < -0.3 is 14.2 Å². The summed E-state index contributed by atoms with van der Waals surface area (Å²) in [6.07, 6.45) is 21.6. The van der Waals surface area contributed by atoms with Gasteiger partial charge in [-0.05, 0) is 55.2 Å². The van der Waals surface area contributed by atoms with E-state index in [1.54, 1.807) is 0 Å². The molecule has 1 aromatic heterocycles. The van der Waals surface area contributed by atoms with E-state index in [1.807, 2.05) is 24.3 Å². The molecule has 1 aliphatic carbocycles. The lowest BCUT2D eigenvalue weighted by atomic mass is 10.1. The van der Waals surface area contributed by atoms with E-state index in [4.69, 9.17) is 14.2 Å². The molecule has 0 saturated heterocycles. The van der Waals surface area contributed by atoms with Crippen LogP contribution in [0.4, 0.5) is 8.78 Å². The Bertz CT molecular complexity index is 1200. The monoisotopic (exact) mass is 594 g/mol. The molecular formula is C36H48F2N2O3. The standard InChI is InChI=1S/C36H48F2N2O3/c1-2-3-4-5-9-12-23-41-31-20-17-29(18-21-31)36-39-25-32(26-40-36)43-27-30-19-22-33(35(38)34(30)37)42-24-13-10-7-6-8-11-14-28-15-16-28/h17-22,25-26,28H,2-16,23-24,27H2,1H3. The largest absolute Gasteiger partial charge is 0.494 e. The molecule has 43 heavy (non-hydrogen) atoms. The minimum absolute atomic E-state index is 0.0582. The molecule has 3 aromatic rings. The van der Waals surface area contributed by atoms with Crippen LogP contribution in [0.3, 0.4) is 0 Å². The van der Waals surface area contributed by atoms with E-state index in [2.05, 4.69) is 16.9 Å². The Labute approximate surface area is 256 Å². The molecule has 0 aliphatic heterocycles. The Morgan fingerprint density at radius 3 is 1.95 bits per heavy atom. The fraction of sp³-hybridized carbons (Fsp3) is 0.556. The van der Waals surface area contributed by atoms with Crippen molar-refractivity contribution in [1.82, 2.24) is 9.97 Å². The third kappa shape index (κ3) is 11.8. The van der Waals surface area contributed by atoms with Crippen molar-refractivity contribution in [2.24, 2.45) is 5.92 Å². The molecule has 4 rings (SSSR count). The molecule has 0 unspecified atom stereocenters. The Kier molecular flexibility index (Phi) is 14.0. The van der Waals surface area contributed by atoms with Crippen LogP contribution in [0, 0.1) is 17.6 Å². The number of halogens is 2. The van der Waals surface area contributed by atoms with Crippen molar-refractivity contribution in [1.29, 1.82) is 0 Å². The molecule has 2 aromatic carbocycles. The van der Waals surface area contributed by atoms with Crippen LogP contribution in [-0.2, 0) is 6.61 Å². The molecule has 7 heteroatoms. The highest BCUT2D eigenvalue weighted by molar-refractivity contribution is 5.56. The van der Waals surface area contributed by atoms with Gasteiger partial charge in [-0.15, -0.1) is 0 Å². The Balaban J connectivity index is 1.14. The molecule has 0 amide bonds. The predicted octanol–water partition coefficient (Wildman–Crippen LogP) is 10.3. The maximum atomic E-state index is 14.7. The molecule has 0 radical (unpaired) electrons. The van der Waals surface area contributed by atoms with Crippen LogP contribution in [0.1, 0.15) is 109 Å². The first kappa shape index (κ1) is 32.7. The molecule has 234 valence electrons. The van der Waals surface area contributed by atoms with Gasteiger partial charge >= 0.3 is 0 Å². The van der Waals surface area contributed by atoms with Crippen LogP contribution in [0.5, 0.6) is 17.2 Å². The molecule has 5 nitrogen and oxygen atoms in total. The van der Waals surface area contributed by atoms with Gasteiger partial charge in [-0.2, -0.15) is 4.39 Å². The molecule has 1 heterocycles. The molecule has 0 atom stereocenters. The smallest absolute Gasteiger partial charge is 0.201 e. The summed E-state index contributed by atoms with van der Waals surface area (Å²) in [6.45, 7) is 3.18. The van der Waals surface area contributed by atoms with Crippen molar-refractivity contribution in [3.63, 3.8) is 0 Å². The number of hydrogen-bond donors (Lipinski definition) is 0. The Hall–Kier alpha value is -3.22. The normalized spacial score (nSPS) is 12.8. The van der Waals surface area contributed by atoms with Gasteiger partial charge in [-0.25, -0.2) is 14.4 Å². The molecule has 1 fully saturated rings. The molecule has 0 spiro atoms. The minimum atomic E-state index is -0.979. The number of benzene rings is 2. The molecule has 1 aliphatic rings. The number of aromatic nitrogens is 2. The maximum absolute atomic E-state index is 14.7. The Morgan fingerprint density at radius 2 is 1.28 bits per heavy atom. The second-order valence-electron chi connectivity index (χ2n) is 11.7. The molecule has 0 bridgehead atoms. The van der Waals surface area contributed by atoms with Crippen LogP contribution in [0.15, 0.2) is 48.8 Å². The van der Waals surface area contributed by atoms with Gasteiger partial charge in [0, 0.05) is 11.1 Å². The van der Waals surface area contributed by atoms with Gasteiger partial charge in [0.25, 0.3) is 0 Å². The van der Waals surface area contributed by atoms with Crippen LogP contribution in [0.2, 0.25) is 0 Å². The van der Waals surface area contributed by atoms with Gasteiger partial charge in [0.05, 0.1) is 25.6 Å². The first-order valence-corrected chi connectivity index (χ1v) is 16.4. The number of nitrogens with zero attached hydrogens (tertiary/aromatic N) is 2. The summed E-state index contributed by atoms with van der Waals surface area (Å²) < 4.78 is 46.3. The van der Waals surface area contributed by atoms with Crippen molar-refractivity contribution < 1.29 is 23.0 Å². The number of hydrogen-bond acceptors (Lipinski definition) is 5. The van der Waals surface area contributed by atoms with Gasteiger partial charge in [0.1, 0.15) is 12.4 Å². The van der Waals surface area contributed by atoms with Crippen LogP contribution < -0.4 is 14.2 Å². The zero-order valence-electron chi connectivity index (χ0n) is 25.8. The first-order valence-electron chi connectivity index (χ1n) is 16.4. The van der Waals surface area contributed by atoms with Crippen LogP contribution >= 0.6 is 0 Å². The summed E-state index contributed by atoms with van der Waals surface area (Å²) in [5.41, 5.74) is 0.961. The molecule has 0 N–H and O–H groups in total. The first-order chi connectivity index (χ1) is 21.1. The van der Waals surface area contributed by atoms with Crippen molar-refractivity contribution in [2.75, 3.05) is 13.2 Å². The summed E-state index contributed by atoms with van der Waals surface area (Å²) in [6, 6.07) is 10.6. The third-order valence-electron chi connectivity index (χ3n) is 7.99.